The third kappa shape index (κ3) is 3.82. The second-order valence-electron chi connectivity index (χ2n) is 5.77. The average Bonchev–Trinajstić information content (AvgIpc) is 3.08. The van der Waals surface area contributed by atoms with Gasteiger partial charge in [0.2, 0.25) is 15.9 Å². The van der Waals surface area contributed by atoms with E-state index in [1.165, 1.54) is 10.5 Å². The van der Waals surface area contributed by atoms with Gasteiger partial charge in [-0.15, -0.1) is 0 Å². The van der Waals surface area contributed by atoms with E-state index in [1.54, 1.807) is 12.1 Å². The molecule has 0 unspecified atom stereocenters. The number of piperazine rings is 1. The van der Waals surface area contributed by atoms with Crippen LogP contribution in [0.2, 0.25) is 0 Å². The van der Waals surface area contributed by atoms with Gasteiger partial charge in [-0.3, -0.25) is 0 Å². The van der Waals surface area contributed by atoms with Gasteiger partial charge in [-0.05, 0) is 12.6 Å². The summed E-state index contributed by atoms with van der Waals surface area (Å²) in [7, 11) is -3.47. The molecular weight excluding hydrogens is 318 g/mol. The van der Waals surface area contributed by atoms with Crippen LogP contribution in [0.25, 0.3) is 0 Å². The lowest BCUT2D eigenvalue weighted by Gasteiger charge is -2.33. The van der Waals surface area contributed by atoms with Crippen molar-refractivity contribution < 1.29 is 17.9 Å². The van der Waals surface area contributed by atoms with Crippen molar-refractivity contribution in [1.29, 1.82) is 0 Å². The fourth-order valence-corrected chi connectivity index (χ4v) is 4.17. The molecule has 1 aromatic heterocycles. The Morgan fingerprint density at radius 1 is 1.30 bits per heavy atom. The lowest BCUT2D eigenvalue weighted by Crippen LogP contribution is -2.48. The maximum Gasteiger partial charge on any atom is 0.244 e. The van der Waals surface area contributed by atoms with Gasteiger partial charge >= 0.3 is 0 Å². The standard InChI is InChI=1S/C15H23N3O4S/c1-2-17-6-8-18(9-7-17)23(19,20)14-3-4-15(16-11-14)22-13-5-10-21-12-13/h3-4,11,13H,2,5-10,12H2,1H3/t13-/m1/s1. The molecule has 3 heterocycles. The number of sulfonamides is 1. The molecule has 8 heteroatoms. The number of pyridine rings is 1. The summed E-state index contributed by atoms with van der Waals surface area (Å²) in [6.07, 6.45) is 2.22. The summed E-state index contributed by atoms with van der Waals surface area (Å²) in [5, 5.41) is 0. The van der Waals surface area contributed by atoms with Gasteiger partial charge in [0.1, 0.15) is 11.0 Å². The SMILES string of the molecule is CCN1CCN(S(=O)(=O)c2ccc(O[C@@H]3CCOC3)nc2)CC1. The Morgan fingerprint density at radius 2 is 2.09 bits per heavy atom. The van der Waals surface area contributed by atoms with Crippen molar-refractivity contribution in [3.05, 3.63) is 18.3 Å². The molecule has 7 nitrogen and oxygen atoms in total. The van der Waals surface area contributed by atoms with Crippen molar-refractivity contribution in [3.8, 4) is 5.88 Å². The molecule has 2 saturated heterocycles. The van der Waals surface area contributed by atoms with Gasteiger partial charge in [-0.1, -0.05) is 6.92 Å². The van der Waals surface area contributed by atoms with E-state index < -0.39 is 10.0 Å². The largest absolute Gasteiger partial charge is 0.472 e. The smallest absolute Gasteiger partial charge is 0.244 e. The monoisotopic (exact) mass is 341 g/mol. The molecule has 2 fully saturated rings. The van der Waals surface area contributed by atoms with Crippen molar-refractivity contribution in [2.75, 3.05) is 45.9 Å². The Hall–Kier alpha value is -1.22. The molecule has 128 valence electrons. The van der Waals surface area contributed by atoms with Crippen LogP contribution in [0.1, 0.15) is 13.3 Å². The first-order valence-electron chi connectivity index (χ1n) is 8.02. The van der Waals surface area contributed by atoms with E-state index in [0.717, 1.165) is 26.1 Å². The molecule has 2 aliphatic rings. The minimum atomic E-state index is -3.47. The predicted molar refractivity (Wildman–Crippen MR) is 85.0 cm³/mol. The number of likely N-dealkylation sites (N-methyl/N-ethyl adjacent to an activating group) is 1. The summed E-state index contributed by atoms with van der Waals surface area (Å²) in [6, 6.07) is 3.19. The Bertz CT molecular complexity index is 606. The lowest BCUT2D eigenvalue weighted by molar-refractivity contribution is 0.138. The molecule has 0 bridgehead atoms. The Kier molecular flexibility index (Phi) is 5.15. The van der Waals surface area contributed by atoms with Crippen molar-refractivity contribution in [3.63, 3.8) is 0 Å². The molecule has 0 radical (unpaired) electrons. The van der Waals surface area contributed by atoms with Crippen LogP contribution in [0.5, 0.6) is 5.88 Å². The fraction of sp³-hybridized carbons (Fsp3) is 0.667. The highest BCUT2D eigenvalue weighted by atomic mass is 32.2. The van der Waals surface area contributed by atoms with Crippen molar-refractivity contribution >= 4 is 10.0 Å². The number of rotatable bonds is 5. The molecule has 0 aromatic carbocycles. The van der Waals surface area contributed by atoms with E-state index in [9.17, 15) is 8.42 Å². The minimum Gasteiger partial charge on any atom is -0.472 e. The molecule has 1 aromatic rings. The highest BCUT2D eigenvalue weighted by molar-refractivity contribution is 7.89. The van der Waals surface area contributed by atoms with E-state index in [2.05, 4.69) is 16.8 Å². The number of hydrogen-bond donors (Lipinski definition) is 0. The predicted octanol–water partition coefficient (Wildman–Crippen LogP) is 0.575. The Morgan fingerprint density at radius 3 is 2.65 bits per heavy atom. The highest BCUT2D eigenvalue weighted by Gasteiger charge is 2.28. The molecular formula is C15H23N3O4S. The van der Waals surface area contributed by atoms with Gasteiger partial charge in [-0.25, -0.2) is 13.4 Å². The summed E-state index contributed by atoms with van der Waals surface area (Å²) < 4.78 is 37.7. The summed E-state index contributed by atoms with van der Waals surface area (Å²) >= 11 is 0. The van der Waals surface area contributed by atoms with Gasteiger partial charge in [-0.2, -0.15) is 4.31 Å². The van der Waals surface area contributed by atoms with E-state index in [4.69, 9.17) is 9.47 Å². The normalized spacial score (nSPS) is 24.0. The quantitative estimate of drug-likeness (QED) is 0.780. The van der Waals surface area contributed by atoms with E-state index in [-0.39, 0.29) is 11.0 Å². The third-order valence-corrected chi connectivity index (χ3v) is 6.18. The molecule has 2 aliphatic heterocycles. The number of hydrogen-bond acceptors (Lipinski definition) is 6. The average molecular weight is 341 g/mol. The van der Waals surface area contributed by atoms with E-state index >= 15 is 0 Å². The number of ether oxygens (including phenoxy) is 2. The van der Waals surface area contributed by atoms with Gasteiger partial charge in [0.25, 0.3) is 0 Å². The molecule has 0 aliphatic carbocycles. The summed E-state index contributed by atoms with van der Waals surface area (Å²) in [6.45, 7) is 6.87. The first-order valence-corrected chi connectivity index (χ1v) is 9.46. The van der Waals surface area contributed by atoms with E-state index in [0.29, 0.717) is 32.2 Å². The molecule has 0 spiro atoms. The minimum absolute atomic E-state index is 0.00655. The van der Waals surface area contributed by atoms with Crippen LogP contribution in [-0.2, 0) is 14.8 Å². The first kappa shape index (κ1) is 16.6. The summed E-state index contributed by atoms with van der Waals surface area (Å²) in [5.41, 5.74) is 0. The van der Waals surface area contributed by atoms with Crippen LogP contribution < -0.4 is 4.74 Å². The topological polar surface area (TPSA) is 72.0 Å². The Labute approximate surface area is 137 Å². The molecule has 0 amide bonds. The van der Waals surface area contributed by atoms with E-state index in [1.807, 2.05) is 0 Å². The number of aromatic nitrogens is 1. The van der Waals surface area contributed by atoms with Crippen LogP contribution in [0.4, 0.5) is 0 Å². The van der Waals surface area contributed by atoms with Crippen LogP contribution in [-0.4, -0.2) is 74.6 Å². The van der Waals surface area contributed by atoms with Crippen LogP contribution in [0.15, 0.2) is 23.2 Å². The fourth-order valence-electron chi connectivity index (χ4n) is 2.80. The van der Waals surface area contributed by atoms with Crippen LogP contribution in [0, 0.1) is 0 Å². The zero-order chi connectivity index (χ0) is 16.3. The molecule has 23 heavy (non-hydrogen) atoms. The Balaban J connectivity index is 1.65. The summed E-state index contributed by atoms with van der Waals surface area (Å²) in [4.78, 5) is 6.60. The molecule has 0 saturated carbocycles. The van der Waals surface area contributed by atoms with Crippen LogP contribution in [0.3, 0.4) is 0 Å². The molecule has 3 rings (SSSR count). The van der Waals surface area contributed by atoms with Crippen molar-refractivity contribution in [2.24, 2.45) is 0 Å². The lowest BCUT2D eigenvalue weighted by atomic mass is 10.3. The van der Waals surface area contributed by atoms with Gasteiger partial charge < -0.3 is 14.4 Å². The third-order valence-electron chi connectivity index (χ3n) is 4.30. The second-order valence-corrected chi connectivity index (χ2v) is 7.71. The van der Waals surface area contributed by atoms with Gasteiger partial charge in [0, 0.05) is 38.7 Å². The molecule has 1 atom stereocenters. The zero-order valence-electron chi connectivity index (χ0n) is 13.3. The zero-order valence-corrected chi connectivity index (χ0v) is 14.2. The maximum atomic E-state index is 12.6. The maximum absolute atomic E-state index is 12.6. The van der Waals surface area contributed by atoms with Crippen molar-refractivity contribution in [1.82, 2.24) is 14.2 Å². The van der Waals surface area contributed by atoms with Crippen molar-refractivity contribution in [2.45, 2.75) is 24.3 Å². The van der Waals surface area contributed by atoms with Crippen LogP contribution >= 0.6 is 0 Å². The number of nitrogens with zero attached hydrogens (tertiary/aromatic N) is 3. The first-order chi connectivity index (χ1) is 11.1. The summed E-state index contributed by atoms with van der Waals surface area (Å²) in [5.74, 6) is 0.440. The van der Waals surface area contributed by atoms with Gasteiger partial charge in [0.15, 0.2) is 0 Å². The highest BCUT2D eigenvalue weighted by Crippen LogP contribution is 2.20. The second kappa shape index (κ2) is 7.12. The van der Waals surface area contributed by atoms with Gasteiger partial charge in [0.05, 0.1) is 19.4 Å². The molecule has 0 N–H and O–H groups in total.